The fourth-order valence-electron chi connectivity index (χ4n) is 11.0. The van der Waals surface area contributed by atoms with Crippen LogP contribution < -0.4 is 0 Å². The molecule has 10 aliphatic rings. The summed E-state index contributed by atoms with van der Waals surface area (Å²) in [5, 5.41) is 38.1. The molecule has 2 saturated carbocycles. The highest BCUT2D eigenvalue weighted by Gasteiger charge is 2.58. The number of aldehydes is 1. The molecule has 0 aromatic rings. The van der Waals surface area contributed by atoms with E-state index in [9.17, 15) is 39.3 Å². The lowest BCUT2D eigenvalue weighted by molar-refractivity contribution is -0.197. The van der Waals surface area contributed by atoms with Crippen molar-refractivity contribution in [2.45, 2.75) is 76.3 Å². The van der Waals surface area contributed by atoms with Gasteiger partial charge in [-0.3, -0.25) is 4.79 Å². The summed E-state index contributed by atoms with van der Waals surface area (Å²) in [7, 11) is 6.99. The fraction of sp³-hybridized carbons (Fsp3) is 0.622. The van der Waals surface area contributed by atoms with Crippen molar-refractivity contribution in [2.75, 3.05) is 42.2 Å². The van der Waals surface area contributed by atoms with Gasteiger partial charge in [0.1, 0.15) is 6.29 Å². The van der Waals surface area contributed by atoms with Crippen LogP contribution in [0.5, 0.6) is 0 Å². The molecule has 358 valence electrons. The van der Waals surface area contributed by atoms with Gasteiger partial charge in [0.2, 0.25) is 25.2 Å². The molecule has 4 aliphatic carbocycles. The SMILES string of the molecule is COC(=O)C1=COC(O)C2C(C=O)=CCC12.COC(=O)C1=COC(O)C2C(CO)=CCC12.COC(=O)C1=COC2OC(O)C3CCC1C23.COC(=O)C1=COC2OC(OC)C3CCC1C23.[HH]. The van der Waals surface area contributed by atoms with Crippen LogP contribution in [0.15, 0.2) is 70.6 Å². The Balaban J connectivity index is 0.000000145. The Morgan fingerprint density at radius 1 is 0.600 bits per heavy atom. The topological polar surface area (TPSA) is 268 Å². The molecule has 4 N–H and O–H groups in total. The van der Waals surface area contributed by atoms with Crippen LogP contribution in [0.4, 0.5) is 0 Å². The number of aliphatic hydroxyl groups is 4. The van der Waals surface area contributed by atoms with E-state index in [0.717, 1.165) is 25.7 Å². The molecule has 16 atom stereocenters. The lowest BCUT2D eigenvalue weighted by Crippen LogP contribution is -2.35. The summed E-state index contributed by atoms with van der Waals surface area (Å²) in [6.07, 6.45) is 10.8. The number of ether oxygens (including phenoxy) is 11. The van der Waals surface area contributed by atoms with Crippen molar-refractivity contribution in [3.8, 4) is 0 Å². The zero-order chi connectivity index (χ0) is 46.7. The first-order chi connectivity index (χ1) is 31.3. The van der Waals surface area contributed by atoms with E-state index in [0.29, 0.717) is 58.5 Å². The lowest BCUT2D eigenvalue weighted by Gasteiger charge is -2.31. The Bertz CT molecular complexity index is 2010. The zero-order valence-corrected chi connectivity index (χ0v) is 36.5. The van der Waals surface area contributed by atoms with Gasteiger partial charge in [0.15, 0.2) is 12.6 Å². The number of esters is 4. The number of fused-ring (bicyclic) bond motifs is 2. The maximum absolute atomic E-state index is 11.7. The molecule has 20 nitrogen and oxygen atoms in total. The maximum atomic E-state index is 11.7. The number of hydrogen-bond acceptors (Lipinski definition) is 20. The third-order valence-corrected chi connectivity index (χ3v) is 14.1. The molecule has 2 saturated heterocycles. The third-order valence-electron chi connectivity index (χ3n) is 14.1. The number of rotatable bonds is 7. The lowest BCUT2D eigenvalue weighted by atomic mass is 9.83. The first kappa shape index (κ1) is 47.9. The van der Waals surface area contributed by atoms with E-state index >= 15 is 0 Å². The van der Waals surface area contributed by atoms with Gasteiger partial charge in [-0.1, -0.05) is 12.2 Å². The Hall–Kier alpha value is -5.09. The Morgan fingerprint density at radius 3 is 1.55 bits per heavy atom. The smallest absolute Gasteiger partial charge is 0.337 e. The van der Waals surface area contributed by atoms with Crippen molar-refractivity contribution in [1.29, 1.82) is 0 Å². The van der Waals surface area contributed by atoms with E-state index in [1.54, 1.807) is 13.2 Å². The number of carbonyl (C=O) groups is 5. The minimum atomic E-state index is -1.07. The molecule has 20 heteroatoms. The minimum absolute atomic E-state index is 0. The average Bonchev–Trinajstić information content (AvgIpc) is 4.20. The molecule has 0 spiro atoms. The molecular weight excluding hydrogens is 860 g/mol. The molecule has 6 heterocycles. The fourth-order valence-corrected chi connectivity index (χ4v) is 11.0. The van der Waals surface area contributed by atoms with Crippen LogP contribution in [0, 0.1) is 59.2 Å². The Morgan fingerprint density at radius 2 is 1.05 bits per heavy atom. The van der Waals surface area contributed by atoms with E-state index < -0.39 is 43.0 Å². The van der Waals surface area contributed by atoms with Crippen molar-refractivity contribution in [1.82, 2.24) is 0 Å². The van der Waals surface area contributed by atoms with Crippen LogP contribution in [0.25, 0.3) is 0 Å². The number of allylic oxidation sites excluding steroid dienone is 2. The van der Waals surface area contributed by atoms with Gasteiger partial charge in [-0.15, -0.1) is 0 Å². The predicted molar refractivity (Wildman–Crippen MR) is 217 cm³/mol. The number of hydrogen-bond donors (Lipinski definition) is 4. The second-order valence-corrected chi connectivity index (χ2v) is 16.9. The van der Waals surface area contributed by atoms with Crippen LogP contribution >= 0.6 is 0 Å². The summed E-state index contributed by atoms with van der Waals surface area (Å²) < 4.78 is 55.8. The monoisotopic (exact) mass is 918 g/mol. The van der Waals surface area contributed by atoms with E-state index in [2.05, 4.69) is 9.47 Å². The number of aliphatic hydroxyl groups excluding tert-OH is 4. The summed E-state index contributed by atoms with van der Waals surface area (Å²) in [6.45, 7) is -0.129. The van der Waals surface area contributed by atoms with Gasteiger partial charge in [0.05, 0.1) is 94.2 Å². The Kier molecular flexibility index (Phi) is 15.2. The van der Waals surface area contributed by atoms with Crippen LogP contribution in [-0.4, -0.2) is 130 Å². The van der Waals surface area contributed by atoms with Crippen LogP contribution in [-0.2, 0) is 76.1 Å². The average molecular weight is 919 g/mol. The van der Waals surface area contributed by atoms with Crippen molar-refractivity contribution in [3.05, 3.63) is 70.6 Å². The molecule has 4 fully saturated rings. The second kappa shape index (κ2) is 20.6. The standard InChI is InChI=1S/C12H16O5.2C11H14O5.C11H12O5.H2/c1-14-10(13)8-5-16-12-9-6(8)3-4-7(9)11(15-2)17-12;1-14-9(12)7-4-15-11-8-5(7)2-3-6(8)10(13)16-11;2*1-15-10(13)8-5-16-11(14)9-6(4-12)2-3-7(8)9;/h5-7,9,11-12H,3-4H2,1-2H3;4-6,8,10-11,13H,2-3H2,1H3;2,5,7,9,11-12,14H,3-4H2,1H3;2,4-5,7,9,11,14H,3H2,1H3;1H. The molecule has 10 rings (SSSR count). The van der Waals surface area contributed by atoms with Crippen molar-refractivity contribution in [3.63, 3.8) is 0 Å². The van der Waals surface area contributed by atoms with Crippen molar-refractivity contribution < 1.29 is 97.9 Å². The van der Waals surface area contributed by atoms with E-state index in [4.69, 9.17) is 47.7 Å². The highest BCUT2D eigenvalue weighted by Crippen LogP contribution is 2.54. The number of methoxy groups -OCH3 is 5. The minimum Gasteiger partial charge on any atom is -0.472 e. The molecule has 0 aromatic heterocycles. The molecular formula is C45H58O20. The first-order valence-corrected chi connectivity index (χ1v) is 21.4. The van der Waals surface area contributed by atoms with Crippen LogP contribution in [0.1, 0.15) is 40.0 Å². The number of carbonyl (C=O) groups excluding carboxylic acids is 5. The summed E-state index contributed by atoms with van der Waals surface area (Å²) in [5.41, 5.74) is 3.18. The molecule has 6 aliphatic heterocycles. The van der Waals surface area contributed by atoms with Gasteiger partial charge < -0.3 is 72.5 Å². The predicted octanol–water partition coefficient (Wildman–Crippen LogP) is 1.78. The third kappa shape index (κ3) is 9.09. The summed E-state index contributed by atoms with van der Waals surface area (Å²) in [6, 6.07) is 0. The quantitative estimate of drug-likeness (QED) is 0.123. The van der Waals surface area contributed by atoms with Gasteiger partial charge in [0.25, 0.3) is 0 Å². The van der Waals surface area contributed by atoms with Gasteiger partial charge in [0, 0.05) is 55.9 Å². The van der Waals surface area contributed by atoms with Crippen LogP contribution in [0.2, 0.25) is 0 Å². The van der Waals surface area contributed by atoms with Gasteiger partial charge in [-0.2, -0.15) is 0 Å². The Labute approximate surface area is 375 Å². The molecule has 16 unspecified atom stereocenters. The van der Waals surface area contributed by atoms with Crippen molar-refractivity contribution in [2.24, 2.45) is 59.2 Å². The summed E-state index contributed by atoms with van der Waals surface area (Å²) in [4.78, 5) is 56.9. The van der Waals surface area contributed by atoms with Crippen LogP contribution in [0.3, 0.4) is 0 Å². The van der Waals surface area contributed by atoms with Crippen molar-refractivity contribution >= 4 is 30.2 Å². The molecule has 0 radical (unpaired) electrons. The molecule has 0 amide bonds. The largest absolute Gasteiger partial charge is 0.472 e. The molecule has 65 heavy (non-hydrogen) atoms. The highest BCUT2D eigenvalue weighted by atomic mass is 16.8. The van der Waals surface area contributed by atoms with E-state index in [1.807, 2.05) is 6.08 Å². The summed E-state index contributed by atoms with van der Waals surface area (Å²) in [5.74, 6) is -1.74. The second-order valence-electron chi connectivity index (χ2n) is 16.9. The van der Waals surface area contributed by atoms with E-state index in [1.165, 1.54) is 53.5 Å². The zero-order valence-electron chi connectivity index (χ0n) is 36.5. The van der Waals surface area contributed by atoms with Gasteiger partial charge in [-0.25, -0.2) is 19.2 Å². The van der Waals surface area contributed by atoms with Gasteiger partial charge >= 0.3 is 23.9 Å². The first-order valence-electron chi connectivity index (χ1n) is 21.4. The molecule has 0 bridgehead atoms. The normalized spacial score (nSPS) is 38.0. The maximum Gasteiger partial charge on any atom is 0.337 e. The highest BCUT2D eigenvalue weighted by molar-refractivity contribution is 5.91. The van der Waals surface area contributed by atoms with Gasteiger partial charge in [-0.05, 0) is 49.7 Å². The summed E-state index contributed by atoms with van der Waals surface area (Å²) >= 11 is 0. The van der Waals surface area contributed by atoms with E-state index in [-0.39, 0.29) is 79.9 Å². The molecule has 0 aromatic carbocycles.